The first-order chi connectivity index (χ1) is 12.0. The van der Waals surface area contributed by atoms with Crippen molar-refractivity contribution in [1.29, 1.82) is 0 Å². The van der Waals surface area contributed by atoms with Crippen molar-refractivity contribution >= 4 is 11.8 Å². The van der Waals surface area contributed by atoms with Crippen molar-refractivity contribution in [2.24, 2.45) is 0 Å². The average molecular weight is 345 g/mol. The number of likely N-dealkylation sites (tertiary alicyclic amines) is 2. The molecule has 135 valence electrons. The molecule has 0 bridgehead atoms. The quantitative estimate of drug-likeness (QED) is 0.912. The van der Waals surface area contributed by atoms with Crippen LogP contribution in [0.3, 0.4) is 0 Å². The predicted molar refractivity (Wildman–Crippen MR) is 93.4 cm³/mol. The van der Waals surface area contributed by atoms with Crippen LogP contribution < -0.4 is 4.74 Å². The predicted octanol–water partition coefficient (Wildman–Crippen LogP) is 2.22. The summed E-state index contributed by atoms with van der Waals surface area (Å²) in [4.78, 5) is 27.4. The smallest absolute Gasteiger partial charge is 0.257 e. The Hall–Kier alpha value is -2.24. The molecular weight excluding hydrogens is 320 g/mol. The molecule has 25 heavy (non-hydrogen) atoms. The Morgan fingerprint density at radius 1 is 1.08 bits per heavy atom. The van der Waals surface area contributed by atoms with E-state index in [0.29, 0.717) is 37.5 Å². The summed E-state index contributed by atoms with van der Waals surface area (Å²) in [6.07, 6.45) is 5.53. The molecule has 1 N–H and O–H groups in total. The van der Waals surface area contributed by atoms with Crippen LogP contribution in [0.2, 0.25) is 0 Å². The summed E-state index contributed by atoms with van der Waals surface area (Å²) in [5.74, 6) is 0.474. The number of benzene rings is 1. The standard InChI is InChI=1S/C19H25N2O4/c1-14(22)20-11-7-15(8-12-20)25-16-5-6-17(18(23)13-16)19(24)21-9-3-2-4-10-21/h2,5-6,13,15,23H,3-4,7-12H2,1H3. The summed E-state index contributed by atoms with van der Waals surface area (Å²) >= 11 is 0. The van der Waals surface area contributed by atoms with Crippen LogP contribution in [0.4, 0.5) is 0 Å². The Balaban J connectivity index is 1.60. The second-order valence-corrected chi connectivity index (χ2v) is 6.66. The van der Waals surface area contributed by atoms with Gasteiger partial charge in [0.2, 0.25) is 5.91 Å². The number of hydrogen-bond acceptors (Lipinski definition) is 4. The number of piperidine rings is 2. The average Bonchev–Trinajstić information content (AvgIpc) is 2.62. The van der Waals surface area contributed by atoms with E-state index >= 15 is 0 Å². The highest BCUT2D eigenvalue weighted by Gasteiger charge is 2.24. The fraction of sp³-hybridized carbons (Fsp3) is 0.526. The number of carbonyl (C=O) groups excluding carboxylic acids is 2. The highest BCUT2D eigenvalue weighted by Crippen LogP contribution is 2.28. The van der Waals surface area contributed by atoms with E-state index in [2.05, 4.69) is 6.42 Å². The number of ether oxygens (including phenoxy) is 1. The lowest BCUT2D eigenvalue weighted by molar-refractivity contribution is -0.130. The molecule has 2 aliphatic rings. The van der Waals surface area contributed by atoms with Crippen molar-refractivity contribution in [2.75, 3.05) is 26.2 Å². The zero-order chi connectivity index (χ0) is 17.8. The van der Waals surface area contributed by atoms with Gasteiger partial charge < -0.3 is 19.6 Å². The van der Waals surface area contributed by atoms with E-state index in [1.807, 2.05) is 4.90 Å². The molecule has 2 amide bonds. The molecule has 1 aromatic carbocycles. The van der Waals surface area contributed by atoms with Crippen molar-refractivity contribution in [3.05, 3.63) is 30.2 Å². The van der Waals surface area contributed by atoms with Gasteiger partial charge in [-0.25, -0.2) is 0 Å². The minimum absolute atomic E-state index is 0.0224. The van der Waals surface area contributed by atoms with E-state index in [-0.39, 0.29) is 23.7 Å². The molecule has 6 heteroatoms. The van der Waals surface area contributed by atoms with Gasteiger partial charge in [-0.15, -0.1) is 0 Å². The number of phenols is 1. The molecule has 0 saturated carbocycles. The van der Waals surface area contributed by atoms with Gasteiger partial charge in [0.05, 0.1) is 5.56 Å². The lowest BCUT2D eigenvalue weighted by Crippen LogP contribution is -2.40. The second kappa shape index (κ2) is 7.76. The molecule has 0 atom stereocenters. The van der Waals surface area contributed by atoms with Gasteiger partial charge in [0.15, 0.2) is 0 Å². The van der Waals surface area contributed by atoms with Crippen LogP contribution in [0.5, 0.6) is 11.5 Å². The monoisotopic (exact) mass is 345 g/mol. The molecule has 2 aliphatic heterocycles. The van der Waals surface area contributed by atoms with Gasteiger partial charge in [0.1, 0.15) is 17.6 Å². The van der Waals surface area contributed by atoms with Gasteiger partial charge in [-0.1, -0.05) is 0 Å². The van der Waals surface area contributed by atoms with E-state index in [1.54, 1.807) is 24.0 Å². The maximum absolute atomic E-state index is 12.5. The van der Waals surface area contributed by atoms with E-state index in [1.165, 1.54) is 6.07 Å². The van der Waals surface area contributed by atoms with Crippen molar-refractivity contribution in [2.45, 2.75) is 38.7 Å². The van der Waals surface area contributed by atoms with Crippen molar-refractivity contribution in [3.8, 4) is 11.5 Å². The van der Waals surface area contributed by atoms with Crippen LogP contribution in [-0.2, 0) is 4.79 Å². The third-order valence-corrected chi connectivity index (χ3v) is 4.88. The van der Waals surface area contributed by atoms with Crippen LogP contribution in [0, 0.1) is 6.42 Å². The molecular formula is C19H25N2O4. The lowest BCUT2D eigenvalue weighted by Gasteiger charge is -2.31. The van der Waals surface area contributed by atoms with Gasteiger partial charge in [0, 0.05) is 52.0 Å². The number of rotatable bonds is 3. The molecule has 3 rings (SSSR count). The fourth-order valence-corrected chi connectivity index (χ4v) is 3.37. The third kappa shape index (κ3) is 4.24. The Morgan fingerprint density at radius 3 is 2.36 bits per heavy atom. The number of hydrogen-bond donors (Lipinski definition) is 1. The van der Waals surface area contributed by atoms with Crippen LogP contribution in [0.15, 0.2) is 18.2 Å². The van der Waals surface area contributed by atoms with Gasteiger partial charge in [-0.05, 0) is 31.4 Å². The molecule has 0 unspecified atom stereocenters. The molecule has 2 heterocycles. The highest BCUT2D eigenvalue weighted by atomic mass is 16.5. The van der Waals surface area contributed by atoms with Crippen molar-refractivity contribution in [3.63, 3.8) is 0 Å². The van der Waals surface area contributed by atoms with Crippen LogP contribution in [0.25, 0.3) is 0 Å². The van der Waals surface area contributed by atoms with Gasteiger partial charge >= 0.3 is 0 Å². The van der Waals surface area contributed by atoms with Gasteiger partial charge in [0.25, 0.3) is 5.91 Å². The minimum Gasteiger partial charge on any atom is -0.507 e. The van der Waals surface area contributed by atoms with Gasteiger partial charge in [-0.3, -0.25) is 9.59 Å². The molecule has 2 fully saturated rings. The first-order valence-electron chi connectivity index (χ1n) is 8.90. The zero-order valence-electron chi connectivity index (χ0n) is 14.6. The first kappa shape index (κ1) is 17.6. The molecule has 1 aromatic rings. The van der Waals surface area contributed by atoms with E-state index < -0.39 is 0 Å². The molecule has 6 nitrogen and oxygen atoms in total. The summed E-state index contributed by atoms with van der Waals surface area (Å²) in [6.45, 7) is 4.36. The number of amides is 2. The van der Waals surface area contributed by atoms with Crippen LogP contribution >= 0.6 is 0 Å². The molecule has 0 aromatic heterocycles. The topological polar surface area (TPSA) is 70.1 Å². The highest BCUT2D eigenvalue weighted by molar-refractivity contribution is 5.97. The zero-order valence-corrected chi connectivity index (χ0v) is 14.6. The maximum Gasteiger partial charge on any atom is 0.257 e. The largest absolute Gasteiger partial charge is 0.507 e. The SMILES string of the molecule is CC(=O)N1CCC(Oc2ccc(C(=O)N3CC[CH]CC3)c(O)c2)CC1. The summed E-state index contributed by atoms with van der Waals surface area (Å²) in [5.41, 5.74) is 0.320. The first-order valence-corrected chi connectivity index (χ1v) is 8.90. The van der Waals surface area contributed by atoms with E-state index in [9.17, 15) is 14.7 Å². The Morgan fingerprint density at radius 2 is 1.76 bits per heavy atom. The summed E-state index contributed by atoms with van der Waals surface area (Å²) in [6, 6.07) is 4.89. The minimum atomic E-state index is -0.132. The van der Waals surface area contributed by atoms with Crippen LogP contribution in [0.1, 0.15) is 43.0 Å². The third-order valence-electron chi connectivity index (χ3n) is 4.88. The summed E-state index contributed by atoms with van der Waals surface area (Å²) < 4.78 is 5.92. The Bertz CT molecular complexity index is 632. The van der Waals surface area contributed by atoms with Gasteiger partial charge in [-0.2, -0.15) is 0 Å². The maximum atomic E-state index is 12.5. The summed E-state index contributed by atoms with van der Waals surface area (Å²) in [5, 5.41) is 10.2. The molecule has 0 spiro atoms. The molecule has 1 radical (unpaired) electrons. The normalized spacial score (nSPS) is 18.9. The van der Waals surface area contributed by atoms with Crippen molar-refractivity contribution in [1.82, 2.24) is 9.80 Å². The van der Waals surface area contributed by atoms with E-state index in [0.717, 1.165) is 25.7 Å². The fourth-order valence-electron chi connectivity index (χ4n) is 3.37. The Labute approximate surface area is 148 Å². The lowest BCUT2D eigenvalue weighted by atomic mass is 10.1. The molecule has 2 saturated heterocycles. The summed E-state index contributed by atoms with van der Waals surface area (Å²) in [7, 11) is 0. The molecule has 0 aliphatic carbocycles. The number of carbonyl (C=O) groups is 2. The number of aromatic hydroxyl groups is 1. The second-order valence-electron chi connectivity index (χ2n) is 6.66. The van der Waals surface area contributed by atoms with Crippen molar-refractivity contribution < 1.29 is 19.4 Å². The number of phenolic OH excluding ortho intramolecular Hbond substituents is 1. The Kier molecular flexibility index (Phi) is 5.46. The number of nitrogens with zero attached hydrogens (tertiary/aromatic N) is 2. The van der Waals surface area contributed by atoms with E-state index in [4.69, 9.17) is 4.74 Å². The van der Waals surface area contributed by atoms with Crippen LogP contribution in [-0.4, -0.2) is 59.0 Å².